The Balaban J connectivity index is 2.03. The second-order valence-electron chi connectivity index (χ2n) is 10.5. The van der Waals surface area contributed by atoms with Crippen LogP contribution in [0.5, 0.6) is 0 Å². The number of fused-ring (bicyclic) bond motifs is 2. The number of rotatable bonds is 2. The lowest BCUT2D eigenvalue weighted by molar-refractivity contribution is -0.138. The largest absolute Gasteiger partial charge is 0.417 e. The van der Waals surface area contributed by atoms with Gasteiger partial charge in [-0.1, -0.05) is 12.1 Å². The molecule has 3 aromatic rings. The first-order valence-electron chi connectivity index (χ1n) is 13.8. The standard InChI is InChI=1S/C36H6F8N8/c37-33-29-21(13-51)25(15-1-3-17(7-45)23(5-15)35(39,40)41)27(19(9-47)10-48)31(29)34(38)32-28(20(11-49)12-50)26(22(14-52)30(32)33)16-2-4-18(8-46)24(6-16)36(42,43)44/h1-6H. The van der Waals surface area contributed by atoms with E-state index in [1.54, 1.807) is 0 Å². The van der Waals surface area contributed by atoms with Gasteiger partial charge in [-0.05, 0) is 35.4 Å². The molecule has 0 atom stereocenters. The highest BCUT2D eigenvalue weighted by Gasteiger charge is 2.45. The van der Waals surface area contributed by atoms with E-state index < -0.39 is 124 Å². The minimum atomic E-state index is -5.18. The fourth-order valence-electron chi connectivity index (χ4n) is 6.02. The number of alkyl halides is 6. The molecular weight excluding hydrogens is 696 g/mol. The first-order chi connectivity index (χ1) is 24.6. The highest BCUT2D eigenvalue weighted by Crippen LogP contribution is 2.57. The molecule has 0 N–H and O–H groups in total. The summed E-state index contributed by atoms with van der Waals surface area (Å²) < 4.78 is 118. The minimum absolute atomic E-state index is 0.351. The third kappa shape index (κ3) is 5.06. The molecule has 8 nitrogen and oxygen atoms in total. The highest BCUT2D eigenvalue weighted by molar-refractivity contribution is 6.30. The topological polar surface area (TPSA) is 190 Å². The molecule has 246 valence electrons. The van der Waals surface area contributed by atoms with Crippen molar-refractivity contribution in [3.63, 3.8) is 0 Å². The van der Waals surface area contributed by atoms with Crippen LogP contribution in [0.25, 0.3) is 33.4 Å². The maximum Gasteiger partial charge on any atom is 0.417 e. The zero-order chi connectivity index (χ0) is 38.4. The van der Waals surface area contributed by atoms with Gasteiger partial charge in [0.2, 0.25) is 0 Å². The van der Waals surface area contributed by atoms with Crippen molar-refractivity contribution in [3.05, 3.63) is 115 Å². The van der Waals surface area contributed by atoms with Crippen LogP contribution < -0.4 is 0 Å². The molecule has 0 fully saturated rings. The Morgan fingerprint density at radius 1 is 0.462 bits per heavy atom. The summed E-state index contributed by atoms with van der Waals surface area (Å²) in [5, 5.41) is 78.3. The van der Waals surface area contributed by atoms with E-state index in [-0.39, 0.29) is 0 Å². The number of halogens is 8. The highest BCUT2D eigenvalue weighted by atomic mass is 19.4. The zero-order valence-electron chi connectivity index (χ0n) is 25.1. The van der Waals surface area contributed by atoms with Gasteiger partial charge >= 0.3 is 12.4 Å². The van der Waals surface area contributed by atoms with Gasteiger partial charge in [0.1, 0.15) is 59.2 Å². The Morgan fingerprint density at radius 3 is 1.06 bits per heavy atom. The van der Waals surface area contributed by atoms with Gasteiger partial charge in [-0.2, -0.15) is 68.4 Å². The zero-order valence-corrected chi connectivity index (χ0v) is 25.1. The normalized spacial score (nSPS) is 13.0. The minimum Gasteiger partial charge on any atom is -0.206 e. The summed E-state index contributed by atoms with van der Waals surface area (Å²) in [6.07, 6.45) is -10.4. The average Bonchev–Trinajstić information content (AvgIpc) is 3.65. The summed E-state index contributed by atoms with van der Waals surface area (Å²) >= 11 is 0. The Kier molecular flexibility index (Phi) is 8.45. The van der Waals surface area contributed by atoms with E-state index >= 15 is 8.78 Å². The van der Waals surface area contributed by atoms with Crippen molar-refractivity contribution >= 4 is 33.4 Å². The van der Waals surface area contributed by atoms with Crippen molar-refractivity contribution < 1.29 is 35.1 Å². The number of nitriles is 8. The second-order valence-corrected chi connectivity index (χ2v) is 10.5. The Morgan fingerprint density at radius 2 is 0.788 bits per heavy atom. The molecule has 5 rings (SSSR count). The Bertz CT molecular complexity index is 2490. The molecule has 0 radical (unpaired) electrons. The quantitative estimate of drug-likeness (QED) is 0.188. The lowest BCUT2D eigenvalue weighted by Crippen LogP contribution is -2.09. The van der Waals surface area contributed by atoms with Crippen LogP contribution in [0.4, 0.5) is 35.1 Å². The third-order valence-electron chi connectivity index (χ3n) is 8.02. The molecule has 0 saturated carbocycles. The number of allylic oxidation sites excluding steroid dienone is 8. The van der Waals surface area contributed by atoms with Crippen LogP contribution in [0.2, 0.25) is 0 Å². The van der Waals surface area contributed by atoms with Crippen molar-refractivity contribution in [3.8, 4) is 48.6 Å². The maximum atomic E-state index is 17.2. The molecule has 0 bridgehead atoms. The predicted molar refractivity (Wildman–Crippen MR) is 160 cm³/mol. The van der Waals surface area contributed by atoms with Crippen LogP contribution in [0, 0.1) is 102 Å². The molecule has 16 heteroatoms. The molecule has 2 aliphatic carbocycles. The van der Waals surface area contributed by atoms with Crippen LogP contribution >= 0.6 is 0 Å². The predicted octanol–water partition coefficient (Wildman–Crippen LogP) is 8.24. The molecule has 2 aliphatic rings. The van der Waals surface area contributed by atoms with Gasteiger partial charge in [0, 0.05) is 44.5 Å². The smallest absolute Gasteiger partial charge is 0.206 e. The summed E-state index contributed by atoms with van der Waals surface area (Å²) in [5.74, 6) is -3.39. The van der Waals surface area contributed by atoms with E-state index in [1.165, 1.54) is 48.6 Å². The summed E-state index contributed by atoms with van der Waals surface area (Å²) in [6, 6.07) is 15.1. The van der Waals surface area contributed by atoms with Crippen molar-refractivity contribution in [2.24, 2.45) is 0 Å². The molecule has 0 saturated heterocycles. The third-order valence-corrected chi connectivity index (χ3v) is 8.02. The first-order valence-corrected chi connectivity index (χ1v) is 13.8. The molecular formula is C36H6F8N8. The molecule has 0 unspecified atom stereocenters. The lowest BCUT2D eigenvalue weighted by atomic mass is 9.87. The van der Waals surface area contributed by atoms with E-state index in [0.29, 0.717) is 24.3 Å². The van der Waals surface area contributed by atoms with Gasteiger partial charge in [0.15, 0.2) is 0 Å². The number of nitrogens with zero attached hydrogens (tertiary/aromatic N) is 8. The summed E-state index contributed by atoms with van der Waals surface area (Å²) in [5.41, 5.74) is -17.8. The molecule has 3 aromatic carbocycles. The van der Waals surface area contributed by atoms with Crippen molar-refractivity contribution in [1.29, 1.82) is 42.1 Å². The van der Waals surface area contributed by atoms with E-state index in [9.17, 15) is 68.4 Å². The fourth-order valence-corrected chi connectivity index (χ4v) is 6.02. The number of hydrogen-bond donors (Lipinski definition) is 0. The van der Waals surface area contributed by atoms with Crippen molar-refractivity contribution in [1.82, 2.24) is 0 Å². The van der Waals surface area contributed by atoms with E-state index in [0.717, 1.165) is 12.1 Å². The Labute approximate surface area is 286 Å². The van der Waals surface area contributed by atoms with Gasteiger partial charge in [-0.3, -0.25) is 0 Å². The average molecular weight is 702 g/mol. The molecule has 52 heavy (non-hydrogen) atoms. The summed E-state index contributed by atoms with van der Waals surface area (Å²) in [4.78, 5) is 0. The van der Waals surface area contributed by atoms with Crippen LogP contribution in [0.1, 0.15) is 55.6 Å². The van der Waals surface area contributed by atoms with Crippen LogP contribution in [0.15, 0.2) is 47.5 Å². The Hall–Kier alpha value is -8.02. The van der Waals surface area contributed by atoms with E-state index in [4.69, 9.17) is 0 Å². The van der Waals surface area contributed by atoms with Gasteiger partial charge in [0.25, 0.3) is 0 Å². The van der Waals surface area contributed by atoms with Crippen LogP contribution in [0.3, 0.4) is 0 Å². The molecule has 0 amide bonds. The van der Waals surface area contributed by atoms with Gasteiger partial charge in [-0.25, -0.2) is 8.78 Å². The van der Waals surface area contributed by atoms with Gasteiger partial charge in [0.05, 0.1) is 45.5 Å². The van der Waals surface area contributed by atoms with Crippen molar-refractivity contribution in [2.75, 3.05) is 0 Å². The maximum absolute atomic E-state index is 17.2. The number of benzene rings is 3. The van der Waals surface area contributed by atoms with E-state index in [2.05, 4.69) is 0 Å². The summed E-state index contributed by atoms with van der Waals surface area (Å²) in [7, 11) is 0. The molecule has 0 heterocycles. The molecule has 0 aromatic heterocycles. The first kappa shape index (κ1) is 35.3. The van der Waals surface area contributed by atoms with E-state index in [1.807, 2.05) is 0 Å². The van der Waals surface area contributed by atoms with Crippen LogP contribution in [-0.2, 0) is 12.4 Å². The monoisotopic (exact) mass is 702 g/mol. The molecule has 0 spiro atoms. The lowest BCUT2D eigenvalue weighted by Gasteiger charge is -2.16. The van der Waals surface area contributed by atoms with Gasteiger partial charge in [-0.15, -0.1) is 0 Å². The SMILES string of the molecule is N#CC(C#N)=C1C(c2ccc(C#N)c(C(F)(F)F)c2)=C(C#N)c2c(F)c3c(c(F)c21)C(=C(C#N)C#N)C(c1ccc(C#N)c(C(F)(F)F)c1)=C3C#N. The van der Waals surface area contributed by atoms with Crippen LogP contribution in [-0.4, -0.2) is 0 Å². The summed E-state index contributed by atoms with van der Waals surface area (Å²) in [6.45, 7) is 0. The van der Waals surface area contributed by atoms with Gasteiger partial charge < -0.3 is 0 Å². The second kappa shape index (κ2) is 12.5. The number of hydrogen-bond acceptors (Lipinski definition) is 8. The van der Waals surface area contributed by atoms with Crippen molar-refractivity contribution in [2.45, 2.75) is 12.4 Å². The molecule has 0 aliphatic heterocycles. The fraction of sp³-hybridized carbons (Fsp3) is 0.0556.